The Morgan fingerprint density at radius 2 is 1.79 bits per heavy atom. The van der Waals surface area contributed by atoms with Crippen LogP contribution in [-0.2, 0) is 11.3 Å². The lowest BCUT2D eigenvalue weighted by molar-refractivity contribution is 0.0526. The Morgan fingerprint density at radius 1 is 1.04 bits per heavy atom. The third-order valence-electron chi connectivity index (χ3n) is 4.24. The van der Waals surface area contributed by atoms with Gasteiger partial charge in [0.2, 0.25) is 0 Å². The van der Waals surface area contributed by atoms with Crippen molar-refractivity contribution in [2.45, 2.75) is 20.4 Å². The van der Waals surface area contributed by atoms with Gasteiger partial charge in [-0.15, -0.1) is 0 Å². The van der Waals surface area contributed by atoms with Crippen LogP contribution >= 0.6 is 0 Å². The lowest BCUT2D eigenvalue weighted by Crippen LogP contribution is -2.23. The summed E-state index contributed by atoms with van der Waals surface area (Å²) in [6.45, 7) is 5.87. The first-order chi connectivity index (χ1) is 13.7. The Balaban J connectivity index is 1.71. The maximum absolute atomic E-state index is 11.7. The van der Waals surface area contributed by atoms with Gasteiger partial charge in [0, 0.05) is 24.8 Å². The second kappa shape index (κ2) is 9.50. The summed E-state index contributed by atoms with van der Waals surface area (Å²) in [4.78, 5) is 22.7. The molecule has 0 unspecified atom stereocenters. The quantitative estimate of drug-likeness (QED) is 0.587. The van der Waals surface area contributed by atoms with E-state index in [9.17, 15) is 4.79 Å². The van der Waals surface area contributed by atoms with Crippen LogP contribution in [0.15, 0.2) is 67.0 Å². The van der Waals surface area contributed by atoms with E-state index < -0.39 is 0 Å². The number of rotatable bonds is 8. The number of hydrogen-bond donors (Lipinski definition) is 1. The monoisotopic (exact) mass is 376 g/mol. The summed E-state index contributed by atoms with van der Waals surface area (Å²) in [5.41, 5.74) is 2.59. The molecule has 0 aliphatic heterocycles. The van der Waals surface area contributed by atoms with Crippen molar-refractivity contribution < 1.29 is 9.53 Å². The fraction of sp³-hybridized carbons (Fsp3) is 0.227. The smallest absolute Gasteiger partial charge is 0.338 e. The lowest BCUT2D eigenvalue weighted by atomic mass is 10.2. The van der Waals surface area contributed by atoms with Crippen LogP contribution in [0.4, 0.5) is 17.3 Å². The minimum Gasteiger partial charge on any atom is -0.462 e. The molecule has 1 aromatic heterocycles. The summed E-state index contributed by atoms with van der Waals surface area (Å²) >= 11 is 0. The molecule has 0 aliphatic carbocycles. The normalized spacial score (nSPS) is 10.4. The SMILES string of the molecule is CCOC(=O)c1ccc(Nc2cc(N(CC)Cc3ccccc3)ncn2)cc1. The molecule has 0 fully saturated rings. The van der Waals surface area contributed by atoms with Gasteiger partial charge >= 0.3 is 5.97 Å². The molecule has 3 rings (SSSR count). The first-order valence-corrected chi connectivity index (χ1v) is 9.34. The molecule has 0 bridgehead atoms. The fourth-order valence-electron chi connectivity index (χ4n) is 2.80. The van der Waals surface area contributed by atoms with Gasteiger partial charge in [-0.05, 0) is 43.7 Å². The van der Waals surface area contributed by atoms with Crippen molar-refractivity contribution in [1.82, 2.24) is 9.97 Å². The molecule has 0 aliphatic rings. The van der Waals surface area contributed by atoms with E-state index in [0.29, 0.717) is 18.0 Å². The molecule has 0 saturated carbocycles. The molecule has 0 saturated heterocycles. The zero-order valence-corrected chi connectivity index (χ0v) is 16.1. The summed E-state index contributed by atoms with van der Waals surface area (Å²) in [5, 5.41) is 3.26. The molecule has 3 aromatic rings. The van der Waals surface area contributed by atoms with Gasteiger partial charge in [-0.1, -0.05) is 30.3 Å². The standard InChI is InChI=1S/C22H24N4O2/c1-3-26(15-17-8-6-5-7-9-17)21-14-20(23-16-24-21)25-19-12-10-18(11-13-19)22(27)28-4-2/h5-14,16H,3-4,15H2,1-2H3,(H,23,24,25). The number of ether oxygens (including phenoxy) is 1. The molecule has 144 valence electrons. The average Bonchev–Trinajstić information content (AvgIpc) is 2.73. The number of carbonyl (C=O) groups excluding carboxylic acids is 1. The molecule has 6 nitrogen and oxygen atoms in total. The number of hydrogen-bond acceptors (Lipinski definition) is 6. The largest absolute Gasteiger partial charge is 0.462 e. The van der Waals surface area contributed by atoms with Gasteiger partial charge in [-0.2, -0.15) is 0 Å². The molecule has 0 radical (unpaired) electrons. The van der Waals surface area contributed by atoms with Crippen molar-refractivity contribution >= 4 is 23.3 Å². The Hall–Kier alpha value is -3.41. The van der Waals surface area contributed by atoms with Crippen LogP contribution in [0.5, 0.6) is 0 Å². The average molecular weight is 376 g/mol. The zero-order chi connectivity index (χ0) is 19.8. The van der Waals surface area contributed by atoms with E-state index in [4.69, 9.17) is 4.74 Å². The Kier molecular flexibility index (Phi) is 6.57. The Labute approximate surface area is 165 Å². The van der Waals surface area contributed by atoms with E-state index in [1.54, 1.807) is 25.4 Å². The van der Waals surface area contributed by atoms with E-state index >= 15 is 0 Å². The minimum atomic E-state index is -0.321. The van der Waals surface area contributed by atoms with Crippen LogP contribution in [0.25, 0.3) is 0 Å². The third kappa shape index (κ3) is 5.07. The van der Waals surface area contributed by atoms with Crippen molar-refractivity contribution in [3.05, 3.63) is 78.1 Å². The molecule has 0 spiro atoms. The van der Waals surface area contributed by atoms with Crippen LogP contribution in [0.2, 0.25) is 0 Å². The van der Waals surface area contributed by atoms with E-state index in [1.165, 1.54) is 5.56 Å². The second-order valence-electron chi connectivity index (χ2n) is 6.18. The lowest BCUT2D eigenvalue weighted by Gasteiger charge is -2.22. The Bertz CT molecular complexity index is 898. The van der Waals surface area contributed by atoms with Crippen molar-refractivity contribution in [2.75, 3.05) is 23.4 Å². The molecule has 1 N–H and O–H groups in total. The number of carbonyl (C=O) groups is 1. The minimum absolute atomic E-state index is 0.321. The molecule has 0 amide bonds. The molecule has 1 heterocycles. The highest BCUT2D eigenvalue weighted by molar-refractivity contribution is 5.89. The molecule has 28 heavy (non-hydrogen) atoms. The van der Waals surface area contributed by atoms with Gasteiger partial charge in [-0.25, -0.2) is 14.8 Å². The number of anilines is 3. The number of esters is 1. The van der Waals surface area contributed by atoms with Crippen LogP contribution < -0.4 is 10.2 Å². The maximum atomic E-state index is 11.7. The third-order valence-corrected chi connectivity index (χ3v) is 4.24. The molecular formula is C22H24N4O2. The van der Waals surface area contributed by atoms with Crippen molar-refractivity contribution in [1.29, 1.82) is 0 Å². The van der Waals surface area contributed by atoms with Gasteiger partial charge in [0.25, 0.3) is 0 Å². The van der Waals surface area contributed by atoms with Crippen LogP contribution in [0, 0.1) is 0 Å². The van der Waals surface area contributed by atoms with Crippen LogP contribution in [0.1, 0.15) is 29.8 Å². The van der Waals surface area contributed by atoms with Gasteiger partial charge in [0.1, 0.15) is 18.0 Å². The van der Waals surface area contributed by atoms with Gasteiger partial charge in [0.05, 0.1) is 12.2 Å². The highest BCUT2D eigenvalue weighted by Crippen LogP contribution is 2.20. The van der Waals surface area contributed by atoms with E-state index in [0.717, 1.165) is 24.6 Å². The predicted molar refractivity (Wildman–Crippen MR) is 111 cm³/mol. The molecule has 2 aromatic carbocycles. The number of nitrogens with one attached hydrogen (secondary N) is 1. The highest BCUT2D eigenvalue weighted by atomic mass is 16.5. The second-order valence-corrected chi connectivity index (χ2v) is 6.18. The summed E-state index contributed by atoms with van der Waals surface area (Å²) < 4.78 is 5.00. The summed E-state index contributed by atoms with van der Waals surface area (Å²) in [6, 6.07) is 19.3. The first kappa shape index (κ1) is 19.4. The van der Waals surface area contributed by atoms with Crippen molar-refractivity contribution in [2.24, 2.45) is 0 Å². The molecule has 0 atom stereocenters. The summed E-state index contributed by atoms with van der Waals surface area (Å²) in [6.07, 6.45) is 1.55. The molecular weight excluding hydrogens is 352 g/mol. The van der Waals surface area contributed by atoms with Crippen LogP contribution in [-0.4, -0.2) is 29.1 Å². The first-order valence-electron chi connectivity index (χ1n) is 9.34. The predicted octanol–water partition coefficient (Wildman–Crippen LogP) is 4.42. The molecule has 6 heteroatoms. The summed E-state index contributed by atoms with van der Waals surface area (Å²) in [5.74, 6) is 1.23. The van der Waals surface area contributed by atoms with E-state index in [-0.39, 0.29) is 5.97 Å². The topological polar surface area (TPSA) is 67.3 Å². The Morgan fingerprint density at radius 3 is 2.46 bits per heavy atom. The van der Waals surface area contributed by atoms with E-state index in [2.05, 4.69) is 39.2 Å². The number of nitrogens with zero attached hydrogens (tertiary/aromatic N) is 3. The maximum Gasteiger partial charge on any atom is 0.338 e. The van der Waals surface area contributed by atoms with Crippen molar-refractivity contribution in [3.8, 4) is 0 Å². The van der Waals surface area contributed by atoms with E-state index in [1.807, 2.05) is 36.4 Å². The zero-order valence-electron chi connectivity index (χ0n) is 16.1. The van der Waals surface area contributed by atoms with Gasteiger partial charge in [-0.3, -0.25) is 0 Å². The van der Waals surface area contributed by atoms with Crippen molar-refractivity contribution in [3.63, 3.8) is 0 Å². The highest BCUT2D eigenvalue weighted by Gasteiger charge is 2.09. The van der Waals surface area contributed by atoms with Gasteiger partial charge in [0.15, 0.2) is 0 Å². The fourth-order valence-corrected chi connectivity index (χ4v) is 2.80. The summed E-state index contributed by atoms with van der Waals surface area (Å²) in [7, 11) is 0. The van der Waals surface area contributed by atoms with Crippen LogP contribution in [0.3, 0.4) is 0 Å². The number of benzene rings is 2. The van der Waals surface area contributed by atoms with Gasteiger partial charge < -0.3 is 15.0 Å². The number of aromatic nitrogens is 2.